The lowest BCUT2D eigenvalue weighted by Crippen LogP contribution is -2.73. The Kier molecular flexibility index (Phi) is 7.12. The maximum atomic E-state index is 5.58. The highest BCUT2D eigenvalue weighted by Crippen LogP contribution is 2.43. The van der Waals surface area contributed by atoms with Gasteiger partial charge in [-0.25, -0.2) is 9.97 Å². The van der Waals surface area contributed by atoms with Crippen LogP contribution >= 0.6 is 11.3 Å². The Balaban J connectivity index is 1.13. The fraction of sp³-hybridized carbons (Fsp3) is 0. The first-order chi connectivity index (χ1) is 28.3. The fourth-order valence-corrected chi connectivity index (χ4v) is 16.0. The van der Waals surface area contributed by atoms with E-state index in [4.69, 9.17) is 9.97 Å². The topological polar surface area (TPSA) is 30.7 Å². The van der Waals surface area contributed by atoms with Gasteiger partial charge < -0.3 is 4.57 Å². The Morgan fingerprint density at radius 3 is 1.81 bits per heavy atom. The van der Waals surface area contributed by atoms with Crippen molar-refractivity contribution in [1.82, 2.24) is 14.5 Å². The molecule has 4 heterocycles. The highest BCUT2D eigenvalue weighted by atomic mass is 32.1. The second-order valence-corrected chi connectivity index (χ2v) is 19.6. The van der Waals surface area contributed by atoms with Gasteiger partial charge in [0.15, 0.2) is 13.9 Å². The minimum atomic E-state index is -2.89. The molecule has 0 amide bonds. The lowest BCUT2D eigenvalue weighted by Gasteiger charge is -2.32. The van der Waals surface area contributed by atoms with Gasteiger partial charge in [-0.1, -0.05) is 170 Å². The number of nitrogens with zero attached hydrogens (tertiary/aromatic N) is 3. The van der Waals surface area contributed by atoms with E-state index in [9.17, 15) is 0 Å². The summed E-state index contributed by atoms with van der Waals surface area (Å²) in [5.41, 5.74) is 8.86. The van der Waals surface area contributed by atoms with E-state index in [1.54, 1.807) is 0 Å². The van der Waals surface area contributed by atoms with Crippen molar-refractivity contribution in [3.63, 3.8) is 0 Å². The molecule has 1 aliphatic rings. The lowest BCUT2D eigenvalue weighted by atomic mass is 10.1. The van der Waals surface area contributed by atoms with E-state index in [0.29, 0.717) is 0 Å². The van der Waals surface area contributed by atoms with Crippen molar-refractivity contribution >= 4 is 82.1 Å². The van der Waals surface area contributed by atoms with Crippen molar-refractivity contribution < 1.29 is 0 Å². The second-order valence-electron chi connectivity index (χ2n) is 14.8. The van der Waals surface area contributed by atoms with Crippen molar-refractivity contribution in [2.24, 2.45) is 0 Å². The van der Waals surface area contributed by atoms with E-state index in [-0.39, 0.29) is 0 Å². The van der Waals surface area contributed by atoms with Gasteiger partial charge in [0.1, 0.15) is 0 Å². The maximum Gasteiger partial charge on any atom is 0.185 e. The predicted molar refractivity (Wildman–Crippen MR) is 243 cm³/mol. The van der Waals surface area contributed by atoms with E-state index in [1.807, 2.05) is 11.3 Å². The van der Waals surface area contributed by atoms with Crippen LogP contribution in [0.3, 0.4) is 0 Å². The Hall–Kier alpha value is -6.92. The molecular weight excluding hydrogens is 727 g/mol. The summed E-state index contributed by atoms with van der Waals surface area (Å²) in [6.45, 7) is 0. The van der Waals surface area contributed by atoms with Crippen LogP contribution in [0.5, 0.6) is 0 Å². The average molecular weight is 760 g/mol. The molecule has 0 fully saturated rings. The van der Waals surface area contributed by atoms with E-state index >= 15 is 0 Å². The molecule has 0 bridgehead atoms. The summed E-state index contributed by atoms with van der Waals surface area (Å²) in [5.74, 6) is 0.740. The quantitative estimate of drug-likeness (QED) is 0.164. The molecule has 3 nitrogen and oxygen atoms in total. The Morgan fingerprint density at radius 2 is 1.05 bits per heavy atom. The molecule has 8 aromatic carbocycles. The number of hydrogen-bond donors (Lipinski definition) is 0. The largest absolute Gasteiger partial charge is 0.309 e. The SMILES string of the molecule is c1ccc(-c2nc(-c3ccc(-n4c5ccccc5c5c6sc7ccccc7c6ccc54)cc3)c3c(n2)-c2ccccc2[Si]3(c2ccccc2)c2ccccc2)cc1. The third-order valence-electron chi connectivity index (χ3n) is 11.9. The van der Waals surface area contributed by atoms with Gasteiger partial charge in [0, 0.05) is 58.5 Å². The first kappa shape index (κ1) is 32.3. The molecule has 57 heavy (non-hydrogen) atoms. The minimum Gasteiger partial charge on any atom is -0.309 e. The monoisotopic (exact) mass is 759 g/mol. The van der Waals surface area contributed by atoms with Crippen molar-refractivity contribution in [1.29, 1.82) is 0 Å². The number of para-hydroxylation sites is 1. The van der Waals surface area contributed by atoms with E-state index in [2.05, 4.69) is 205 Å². The highest BCUT2D eigenvalue weighted by molar-refractivity contribution is 7.26. The van der Waals surface area contributed by atoms with E-state index < -0.39 is 8.07 Å². The fourth-order valence-electron chi connectivity index (χ4n) is 9.51. The second kappa shape index (κ2) is 12.5. The zero-order valence-corrected chi connectivity index (χ0v) is 32.6. The van der Waals surface area contributed by atoms with Crippen LogP contribution in [0.4, 0.5) is 0 Å². The van der Waals surface area contributed by atoms with E-state index in [1.165, 1.54) is 68.3 Å². The molecule has 11 aromatic rings. The molecule has 5 heteroatoms. The zero-order chi connectivity index (χ0) is 37.5. The molecule has 0 N–H and O–H groups in total. The summed E-state index contributed by atoms with van der Waals surface area (Å²) in [5, 5.41) is 10.5. The standard InChI is InChI=1S/C52H33N3SSi/c1-4-16-35(17-5-1)52-53-48(51-49(54-52)42-24-12-15-27-46(42)57(51,37-18-6-2-7-19-37)38-20-8-3-9-21-38)34-28-30-36(31-29-34)55-43-25-13-10-23-41(43)47-44(55)33-32-40-39-22-11-14-26-45(39)56-50(40)47/h1-33H. The lowest BCUT2D eigenvalue weighted by molar-refractivity contribution is 1.18. The van der Waals surface area contributed by atoms with Gasteiger partial charge >= 0.3 is 0 Å². The van der Waals surface area contributed by atoms with Crippen molar-refractivity contribution in [2.45, 2.75) is 0 Å². The summed E-state index contributed by atoms with van der Waals surface area (Å²) >= 11 is 1.89. The molecule has 0 unspecified atom stereocenters. The Morgan fingerprint density at radius 1 is 0.439 bits per heavy atom. The number of fused-ring (bicyclic) bond motifs is 10. The summed E-state index contributed by atoms with van der Waals surface area (Å²) in [6.07, 6.45) is 0. The van der Waals surface area contributed by atoms with Crippen molar-refractivity contribution in [2.75, 3.05) is 0 Å². The smallest absolute Gasteiger partial charge is 0.185 e. The van der Waals surface area contributed by atoms with Crippen LogP contribution in [0, 0.1) is 0 Å². The zero-order valence-electron chi connectivity index (χ0n) is 30.8. The Labute approximate surface area is 334 Å². The molecule has 3 aromatic heterocycles. The van der Waals surface area contributed by atoms with Gasteiger partial charge in [0.25, 0.3) is 0 Å². The van der Waals surface area contributed by atoms with Crippen LogP contribution in [-0.4, -0.2) is 22.6 Å². The normalized spacial score (nSPS) is 13.1. The summed E-state index contributed by atoms with van der Waals surface area (Å²) in [7, 11) is -2.89. The molecule has 12 rings (SSSR count). The summed E-state index contributed by atoms with van der Waals surface area (Å²) < 4.78 is 5.09. The van der Waals surface area contributed by atoms with Crippen molar-refractivity contribution in [3.05, 3.63) is 200 Å². The highest BCUT2D eigenvalue weighted by Gasteiger charge is 2.51. The molecule has 1 aliphatic heterocycles. The van der Waals surface area contributed by atoms with Gasteiger partial charge in [-0.05, 0) is 45.9 Å². The van der Waals surface area contributed by atoms with Crippen LogP contribution in [0.25, 0.3) is 81.6 Å². The predicted octanol–water partition coefficient (Wildman–Crippen LogP) is 10.6. The average Bonchev–Trinajstić information content (AvgIpc) is 3.94. The van der Waals surface area contributed by atoms with Crippen LogP contribution in [-0.2, 0) is 0 Å². The van der Waals surface area contributed by atoms with Gasteiger partial charge in [0.05, 0.1) is 22.4 Å². The first-order valence-electron chi connectivity index (χ1n) is 19.4. The molecule has 266 valence electrons. The molecule has 0 atom stereocenters. The maximum absolute atomic E-state index is 5.58. The van der Waals surface area contributed by atoms with Crippen LogP contribution in [0.1, 0.15) is 0 Å². The molecule has 0 saturated carbocycles. The summed E-state index contributed by atoms with van der Waals surface area (Å²) in [4.78, 5) is 11.1. The minimum absolute atomic E-state index is 0.740. The third-order valence-corrected chi connectivity index (χ3v) is 18.0. The van der Waals surface area contributed by atoms with Crippen molar-refractivity contribution in [3.8, 4) is 39.6 Å². The van der Waals surface area contributed by atoms with E-state index in [0.717, 1.165) is 34.0 Å². The molecule has 0 saturated heterocycles. The number of rotatable bonds is 5. The molecule has 0 spiro atoms. The molecule has 0 aliphatic carbocycles. The van der Waals surface area contributed by atoms with Gasteiger partial charge in [-0.2, -0.15) is 0 Å². The van der Waals surface area contributed by atoms with Gasteiger partial charge in [-0.15, -0.1) is 11.3 Å². The van der Waals surface area contributed by atoms with Crippen LogP contribution in [0.2, 0.25) is 0 Å². The van der Waals surface area contributed by atoms with Crippen LogP contribution < -0.4 is 20.7 Å². The van der Waals surface area contributed by atoms with Gasteiger partial charge in [0.2, 0.25) is 0 Å². The number of hydrogen-bond acceptors (Lipinski definition) is 3. The number of benzene rings is 8. The summed E-state index contributed by atoms with van der Waals surface area (Å²) in [6, 6.07) is 73.0. The molecular formula is C52H33N3SSi. The number of aromatic nitrogens is 3. The van der Waals surface area contributed by atoms with Gasteiger partial charge in [-0.3, -0.25) is 0 Å². The van der Waals surface area contributed by atoms with Crippen LogP contribution in [0.15, 0.2) is 200 Å². The molecule has 0 radical (unpaired) electrons. The number of thiophene rings is 1. The third kappa shape index (κ3) is 4.64. The first-order valence-corrected chi connectivity index (χ1v) is 22.2. The Bertz CT molecular complexity index is 3300.